The van der Waals surface area contributed by atoms with Crippen LogP contribution in [0.15, 0.2) is 0 Å². The zero-order valence-corrected chi connectivity index (χ0v) is 11.9. The van der Waals surface area contributed by atoms with Crippen LogP contribution in [0.25, 0.3) is 0 Å². The third-order valence-electron chi connectivity index (χ3n) is 3.15. The minimum absolute atomic E-state index is 0.499. The number of likely N-dealkylation sites (N-methyl/N-ethyl adjacent to an activating group) is 1. The van der Waals surface area contributed by atoms with Gasteiger partial charge >= 0.3 is 0 Å². The fourth-order valence-electron chi connectivity index (χ4n) is 2.47. The molecular formula is C13H30N2O. The Hall–Kier alpha value is -0.120. The molecule has 0 aromatic rings. The molecule has 0 fully saturated rings. The van der Waals surface area contributed by atoms with Crippen molar-refractivity contribution in [2.45, 2.75) is 59.2 Å². The van der Waals surface area contributed by atoms with Gasteiger partial charge in [-0.2, -0.15) is 0 Å². The maximum Gasteiger partial charge on any atom is 0.0615 e. The molecular weight excluding hydrogens is 200 g/mol. The molecule has 0 aliphatic carbocycles. The normalized spacial score (nSPS) is 17.4. The van der Waals surface area contributed by atoms with Crippen LogP contribution in [0.1, 0.15) is 41.0 Å². The van der Waals surface area contributed by atoms with E-state index in [1.165, 1.54) is 6.42 Å². The molecule has 0 radical (unpaired) electrons. The Morgan fingerprint density at radius 3 is 2.19 bits per heavy atom. The summed E-state index contributed by atoms with van der Waals surface area (Å²) < 4.78 is 5.23. The summed E-state index contributed by atoms with van der Waals surface area (Å²) >= 11 is 0. The third-order valence-corrected chi connectivity index (χ3v) is 3.15. The number of nitrogens with zero attached hydrogens (tertiary/aromatic N) is 1. The standard InChI is InChI=1S/C13H30N2O/c1-7-14-11(3)9-12(4)15(8-2)13(5)10-16-6/h11-14H,7-10H2,1-6H3. The Labute approximate surface area is 102 Å². The number of nitrogens with one attached hydrogen (secondary N) is 1. The second kappa shape index (κ2) is 8.97. The number of methoxy groups -OCH3 is 1. The number of hydrogen-bond acceptors (Lipinski definition) is 3. The van der Waals surface area contributed by atoms with Gasteiger partial charge in [0.25, 0.3) is 0 Å². The first-order chi connectivity index (χ1) is 7.56. The quantitative estimate of drug-likeness (QED) is 0.656. The van der Waals surface area contributed by atoms with E-state index in [9.17, 15) is 0 Å². The summed E-state index contributed by atoms with van der Waals surface area (Å²) in [5.74, 6) is 0. The summed E-state index contributed by atoms with van der Waals surface area (Å²) in [5, 5.41) is 3.47. The molecule has 3 atom stereocenters. The van der Waals surface area contributed by atoms with Crippen molar-refractivity contribution in [3.63, 3.8) is 0 Å². The number of hydrogen-bond donors (Lipinski definition) is 1. The van der Waals surface area contributed by atoms with Crippen molar-refractivity contribution in [1.82, 2.24) is 10.2 Å². The lowest BCUT2D eigenvalue weighted by atomic mass is 10.1. The third kappa shape index (κ3) is 5.83. The Morgan fingerprint density at radius 2 is 1.75 bits per heavy atom. The number of rotatable bonds is 9. The van der Waals surface area contributed by atoms with E-state index in [1.807, 2.05) is 0 Å². The largest absolute Gasteiger partial charge is 0.383 e. The van der Waals surface area contributed by atoms with E-state index in [1.54, 1.807) is 7.11 Å². The van der Waals surface area contributed by atoms with Crippen LogP contribution in [-0.4, -0.2) is 49.8 Å². The van der Waals surface area contributed by atoms with Crippen LogP contribution >= 0.6 is 0 Å². The Morgan fingerprint density at radius 1 is 1.12 bits per heavy atom. The molecule has 0 rings (SSSR count). The number of ether oxygens (including phenoxy) is 1. The van der Waals surface area contributed by atoms with Crippen LogP contribution in [0.3, 0.4) is 0 Å². The highest BCUT2D eigenvalue weighted by atomic mass is 16.5. The van der Waals surface area contributed by atoms with Crippen LogP contribution in [0.4, 0.5) is 0 Å². The van der Waals surface area contributed by atoms with Crippen LogP contribution in [0.5, 0.6) is 0 Å². The van der Waals surface area contributed by atoms with E-state index in [0.29, 0.717) is 18.1 Å². The highest BCUT2D eigenvalue weighted by molar-refractivity contribution is 4.76. The predicted molar refractivity (Wildman–Crippen MR) is 70.9 cm³/mol. The molecule has 0 aromatic carbocycles. The van der Waals surface area contributed by atoms with E-state index < -0.39 is 0 Å². The van der Waals surface area contributed by atoms with Gasteiger partial charge in [-0.15, -0.1) is 0 Å². The molecule has 0 heterocycles. The van der Waals surface area contributed by atoms with E-state index in [-0.39, 0.29) is 0 Å². The fourth-order valence-corrected chi connectivity index (χ4v) is 2.47. The summed E-state index contributed by atoms with van der Waals surface area (Å²) in [6, 6.07) is 1.69. The molecule has 0 aromatic heterocycles. The van der Waals surface area contributed by atoms with Gasteiger partial charge in [-0.25, -0.2) is 0 Å². The minimum Gasteiger partial charge on any atom is -0.383 e. The highest BCUT2D eigenvalue weighted by Crippen LogP contribution is 2.11. The SMILES string of the molecule is CCNC(C)CC(C)N(CC)C(C)COC. The van der Waals surface area contributed by atoms with Gasteiger partial charge in [-0.3, -0.25) is 4.90 Å². The zero-order valence-electron chi connectivity index (χ0n) is 11.9. The van der Waals surface area contributed by atoms with Gasteiger partial charge in [0.1, 0.15) is 0 Å². The molecule has 0 aliphatic rings. The zero-order chi connectivity index (χ0) is 12.6. The second-order valence-corrected chi connectivity index (χ2v) is 4.68. The van der Waals surface area contributed by atoms with E-state index in [2.05, 4.69) is 44.8 Å². The van der Waals surface area contributed by atoms with Crippen molar-refractivity contribution in [2.24, 2.45) is 0 Å². The molecule has 3 nitrogen and oxygen atoms in total. The first kappa shape index (κ1) is 15.9. The molecule has 3 unspecified atom stereocenters. The summed E-state index contributed by atoms with van der Waals surface area (Å²) in [5.41, 5.74) is 0. The molecule has 3 heteroatoms. The molecule has 0 saturated carbocycles. The van der Waals surface area contributed by atoms with Crippen molar-refractivity contribution in [1.29, 1.82) is 0 Å². The maximum atomic E-state index is 5.23. The molecule has 0 spiro atoms. The Kier molecular flexibility index (Phi) is 8.90. The van der Waals surface area contributed by atoms with Gasteiger partial charge in [0.2, 0.25) is 0 Å². The first-order valence-corrected chi connectivity index (χ1v) is 6.54. The van der Waals surface area contributed by atoms with Gasteiger partial charge in [-0.05, 0) is 40.3 Å². The second-order valence-electron chi connectivity index (χ2n) is 4.68. The Balaban J connectivity index is 4.13. The highest BCUT2D eigenvalue weighted by Gasteiger charge is 2.19. The van der Waals surface area contributed by atoms with Gasteiger partial charge in [0.05, 0.1) is 6.61 Å². The molecule has 16 heavy (non-hydrogen) atoms. The minimum atomic E-state index is 0.499. The van der Waals surface area contributed by atoms with Gasteiger partial charge in [0, 0.05) is 25.2 Å². The van der Waals surface area contributed by atoms with E-state index in [4.69, 9.17) is 4.74 Å². The fraction of sp³-hybridized carbons (Fsp3) is 1.00. The van der Waals surface area contributed by atoms with Crippen molar-refractivity contribution in [3.8, 4) is 0 Å². The molecule has 0 saturated heterocycles. The summed E-state index contributed by atoms with van der Waals surface area (Å²) in [7, 11) is 1.77. The van der Waals surface area contributed by atoms with Crippen LogP contribution in [0, 0.1) is 0 Å². The lowest BCUT2D eigenvalue weighted by molar-refractivity contribution is 0.0728. The van der Waals surface area contributed by atoms with Gasteiger partial charge in [0.15, 0.2) is 0 Å². The van der Waals surface area contributed by atoms with E-state index >= 15 is 0 Å². The Bertz CT molecular complexity index is 164. The topological polar surface area (TPSA) is 24.5 Å². The smallest absolute Gasteiger partial charge is 0.0615 e. The van der Waals surface area contributed by atoms with Crippen molar-refractivity contribution < 1.29 is 4.74 Å². The first-order valence-electron chi connectivity index (χ1n) is 6.54. The van der Waals surface area contributed by atoms with Crippen LogP contribution < -0.4 is 5.32 Å². The average molecular weight is 230 g/mol. The van der Waals surface area contributed by atoms with Gasteiger partial charge < -0.3 is 10.1 Å². The van der Waals surface area contributed by atoms with E-state index in [0.717, 1.165) is 19.7 Å². The monoisotopic (exact) mass is 230 g/mol. The molecule has 0 amide bonds. The summed E-state index contributed by atoms with van der Waals surface area (Å²) in [4.78, 5) is 2.51. The predicted octanol–water partition coefficient (Wildman–Crippen LogP) is 2.12. The van der Waals surface area contributed by atoms with Crippen molar-refractivity contribution in [3.05, 3.63) is 0 Å². The maximum absolute atomic E-state index is 5.23. The molecule has 0 bridgehead atoms. The van der Waals surface area contributed by atoms with Gasteiger partial charge in [-0.1, -0.05) is 13.8 Å². The van der Waals surface area contributed by atoms with Crippen molar-refractivity contribution in [2.75, 3.05) is 26.8 Å². The van der Waals surface area contributed by atoms with Crippen LogP contribution in [0.2, 0.25) is 0 Å². The molecule has 98 valence electrons. The van der Waals surface area contributed by atoms with Crippen molar-refractivity contribution >= 4 is 0 Å². The summed E-state index contributed by atoms with van der Waals surface area (Å²) in [6.07, 6.45) is 1.19. The van der Waals surface area contributed by atoms with Crippen LogP contribution in [-0.2, 0) is 4.74 Å². The average Bonchev–Trinajstić information content (AvgIpc) is 2.19. The molecule has 1 N–H and O–H groups in total. The molecule has 0 aliphatic heterocycles. The lowest BCUT2D eigenvalue weighted by Gasteiger charge is -2.34. The lowest BCUT2D eigenvalue weighted by Crippen LogP contribution is -2.45. The summed E-state index contributed by atoms with van der Waals surface area (Å²) in [6.45, 7) is 14.1.